The van der Waals surface area contributed by atoms with Gasteiger partial charge in [0, 0.05) is 43.9 Å². The van der Waals surface area contributed by atoms with E-state index >= 15 is 0 Å². The molecular formula is C26H23N3O3. The van der Waals surface area contributed by atoms with Crippen LogP contribution in [0.1, 0.15) is 10.4 Å². The number of aromatic nitrogens is 2. The number of carbonyl (C=O) groups excluding carboxylic acids is 1. The zero-order chi connectivity index (χ0) is 22.7. The van der Waals surface area contributed by atoms with Crippen LogP contribution in [0.15, 0.2) is 89.7 Å². The number of benzene rings is 3. The molecule has 0 saturated carbocycles. The first kappa shape index (κ1) is 21.1. The number of nitrogens with zero attached hydrogens (tertiary/aromatic N) is 3. The van der Waals surface area contributed by atoms with Crippen molar-refractivity contribution in [1.29, 1.82) is 0 Å². The van der Waals surface area contributed by atoms with Gasteiger partial charge in [-0.15, -0.1) is 0 Å². The highest BCUT2D eigenvalue weighted by Gasteiger charge is 2.17. The Hall–Kier alpha value is -4.19. The van der Waals surface area contributed by atoms with Gasteiger partial charge >= 0.3 is 0 Å². The maximum Gasteiger partial charge on any atom is 0.267 e. The predicted octanol–water partition coefficient (Wildman–Crippen LogP) is 4.61. The van der Waals surface area contributed by atoms with Crippen molar-refractivity contribution >= 4 is 5.91 Å². The monoisotopic (exact) mass is 425 g/mol. The van der Waals surface area contributed by atoms with Crippen molar-refractivity contribution in [3.8, 4) is 33.9 Å². The lowest BCUT2D eigenvalue weighted by molar-refractivity contribution is 0.0827. The number of rotatable bonds is 5. The minimum absolute atomic E-state index is 0.0829. The molecule has 0 aliphatic heterocycles. The molecule has 0 spiro atoms. The van der Waals surface area contributed by atoms with Gasteiger partial charge in [0.1, 0.15) is 17.2 Å². The maximum absolute atomic E-state index is 12.4. The second kappa shape index (κ2) is 8.89. The standard InChI is InChI=1S/C26H23N3O3/c1-28(2)26(31)19-15-13-18(14-16-19)22-17-24(30)29(3)27-25(22)21-11-7-8-12-23(21)32-20-9-5-4-6-10-20/h4-17H,1-3H3. The molecule has 0 radical (unpaired) electrons. The summed E-state index contributed by atoms with van der Waals surface area (Å²) in [5, 5.41) is 4.56. The van der Waals surface area contributed by atoms with Crippen molar-refractivity contribution in [3.63, 3.8) is 0 Å². The molecule has 0 N–H and O–H groups in total. The smallest absolute Gasteiger partial charge is 0.267 e. The van der Waals surface area contributed by atoms with Crippen LogP contribution in [0.3, 0.4) is 0 Å². The molecule has 0 bridgehead atoms. The highest BCUT2D eigenvalue weighted by Crippen LogP contribution is 2.37. The van der Waals surface area contributed by atoms with E-state index in [2.05, 4.69) is 5.10 Å². The highest BCUT2D eigenvalue weighted by atomic mass is 16.5. The fourth-order valence-corrected chi connectivity index (χ4v) is 3.37. The number of ether oxygens (including phenoxy) is 1. The Morgan fingerprint density at radius 2 is 1.53 bits per heavy atom. The molecule has 4 rings (SSSR count). The SMILES string of the molecule is CN(C)C(=O)c1ccc(-c2cc(=O)n(C)nc2-c2ccccc2Oc2ccccc2)cc1. The Morgan fingerprint density at radius 3 is 2.22 bits per heavy atom. The van der Waals surface area contributed by atoms with Crippen LogP contribution in [0.5, 0.6) is 11.5 Å². The van der Waals surface area contributed by atoms with E-state index in [1.54, 1.807) is 39.3 Å². The Morgan fingerprint density at radius 1 is 0.875 bits per heavy atom. The zero-order valence-electron chi connectivity index (χ0n) is 18.1. The maximum atomic E-state index is 12.4. The van der Waals surface area contributed by atoms with Crippen LogP contribution in [0.4, 0.5) is 0 Å². The van der Waals surface area contributed by atoms with Crippen molar-refractivity contribution in [1.82, 2.24) is 14.7 Å². The van der Waals surface area contributed by atoms with Crippen LogP contribution < -0.4 is 10.3 Å². The van der Waals surface area contributed by atoms with Crippen molar-refractivity contribution < 1.29 is 9.53 Å². The van der Waals surface area contributed by atoms with Gasteiger partial charge < -0.3 is 9.64 Å². The van der Waals surface area contributed by atoms with Gasteiger partial charge in [-0.25, -0.2) is 4.68 Å². The van der Waals surface area contributed by atoms with Crippen molar-refractivity contribution in [2.75, 3.05) is 14.1 Å². The molecule has 0 aliphatic carbocycles. The van der Waals surface area contributed by atoms with E-state index in [0.717, 1.165) is 11.1 Å². The summed E-state index contributed by atoms with van der Waals surface area (Å²) < 4.78 is 7.43. The third kappa shape index (κ3) is 4.30. The van der Waals surface area contributed by atoms with Crippen LogP contribution in [-0.2, 0) is 7.05 Å². The molecule has 1 heterocycles. The van der Waals surface area contributed by atoms with Gasteiger partial charge in [0.05, 0.1) is 0 Å². The summed E-state index contributed by atoms with van der Waals surface area (Å²) in [6.45, 7) is 0. The van der Waals surface area contributed by atoms with Crippen LogP contribution in [0, 0.1) is 0 Å². The van der Waals surface area contributed by atoms with Gasteiger partial charge in [0.15, 0.2) is 0 Å². The first-order chi connectivity index (χ1) is 15.4. The van der Waals surface area contributed by atoms with Gasteiger partial charge in [-0.05, 0) is 42.0 Å². The largest absolute Gasteiger partial charge is 0.457 e. The van der Waals surface area contributed by atoms with Crippen molar-refractivity contribution in [2.24, 2.45) is 7.05 Å². The summed E-state index contributed by atoms with van der Waals surface area (Å²) in [5.74, 6) is 1.25. The van der Waals surface area contributed by atoms with E-state index in [1.165, 1.54) is 9.58 Å². The lowest BCUT2D eigenvalue weighted by Crippen LogP contribution is -2.21. The minimum atomic E-state index is -0.223. The molecule has 4 aromatic rings. The van der Waals surface area contributed by atoms with Gasteiger partial charge in [-0.2, -0.15) is 5.10 Å². The van der Waals surface area contributed by atoms with E-state index in [9.17, 15) is 9.59 Å². The summed E-state index contributed by atoms with van der Waals surface area (Å²) in [6, 6.07) is 25.8. The van der Waals surface area contributed by atoms with Crippen LogP contribution in [0.2, 0.25) is 0 Å². The number of hydrogen-bond donors (Lipinski definition) is 0. The fraction of sp³-hybridized carbons (Fsp3) is 0.115. The summed E-state index contributed by atoms with van der Waals surface area (Å²) >= 11 is 0. The van der Waals surface area contributed by atoms with Gasteiger partial charge in [0.2, 0.25) is 0 Å². The van der Waals surface area contributed by atoms with Crippen LogP contribution >= 0.6 is 0 Å². The number of amides is 1. The third-order valence-electron chi connectivity index (χ3n) is 5.05. The molecule has 6 heteroatoms. The second-order valence-electron chi connectivity index (χ2n) is 7.56. The fourth-order valence-electron chi connectivity index (χ4n) is 3.37. The molecule has 3 aromatic carbocycles. The summed E-state index contributed by atoms with van der Waals surface area (Å²) in [5.41, 5.74) is 3.18. The molecule has 0 atom stereocenters. The molecular weight excluding hydrogens is 402 g/mol. The first-order valence-corrected chi connectivity index (χ1v) is 10.2. The Bertz CT molecular complexity index is 1310. The average molecular weight is 425 g/mol. The summed E-state index contributed by atoms with van der Waals surface area (Å²) in [7, 11) is 5.04. The Balaban J connectivity index is 1.83. The van der Waals surface area contributed by atoms with Crippen molar-refractivity contribution in [3.05, 3.63) is 101 Å². The van der Waals surface area contributed by atoms with Crippen LogP contribution in [0.25, 0.3) is 22.4 Å². The molecule has 1 amide bonds. The van der Waals surface area contributed by atoms with Gasteiger partial charge in [0.25, 0.3) is 11.5 Å². The van der Waals surface area contributed by atoms with E-state index in [1.807, 2.05) is 66.7 Å². The Labute approximate surface area is 186 Å². The molecule has 32 heavy (non-hydrogen) atoms. The lowest BCUT2D eigenvalue weighted by atomic mass is 9.98. The van der Waals surface area contributed by atoms with E-state index in [4.69, 9.17) is 4.74 Å². The molecule has 160 valence electrons. The summed E-state index contributed by atoms with van der Waals surface area (Å²) in [6.07, 6.45) is 0. The topological polar surface area (TPSA) is 64.4 Å². The molecule has 1 aromatic heterocycles. The molecule has 0 unspecified atom stereocenters. The Kier molecular flexibility index (Phi) is 5.85. The molecule has 0 saturated heterocycles. The van der Waals surface area contributed by atoms with E-state index in [0.29, 0.717) is 28.3 Å². The normalized spacial score (nSPS) is 10.6. The predicted molar refractivity (Wildman–Crippen MR) is 125 cm³/mol. The zero-order valence-corrected chi connectivity index (χ0v) is 18.1. The highest BCUT2D eigenvalue weighted by molar-refractivity contribution is 5.94. The third-order valence-corrected chi connectivity index (χ3v) is 5.05. The minimum Gasteiger partial charge on any atom is -0.457 e. The number of carbonyl (C=O) groups is 1. The van der Waals surface area contributed by atoms with Gasteiger partial charge in [-0.3, -0.25) is 9.59 Å². The number of para-hydroxylation sites is 2. The first-order valence-electron chi connectivity index (χ1n) is 10.2. The summed E-state index contributed by atoms with van der Waals surface area (Å²) in [4.78, 5) is 26.2. The second-order valence-corrected chi connectivity index (χ2v) is 7.56. The van der Waals surface area contributed by atoms with E-state index in [-0.39, 0.29) is 11.5 Å². The number of aryl methyl sites for hydroxylation is 1. The molecule has 0 aliphatic rings. The average Bonchev–Trinajstić information content (AvgIpc) is 2.81. The van der Waals surface area contributed by atoms with Crippen LogP contribution in [-0.4, -0.2) is 34.7 Å². The number of hydrogen-bond acceptors (Lipinski definition) is 4. The van der Waals surface area contributed by atoms with Crippen molar-refractivity contribution in [2.45, 2.75) is 0 Å². The quantitative estimate of drug-likeness (QED) is 0.468. The molecule has 6 nitrogen and oxygen atoms in total. The van der Waals surface area contributed by atoms with Gasteiger partial charge in [-0.1, -0.05) is 42.5 Å². The van der Waals surface area contributed by atoms with E-state index < -0.39 is 0 Å². The lowest BCUT2D eigenvalue weighted by Gasteiger charge is -2.15. The molecule has 0 fully saturated rings.